The molecule has 1 atom stereocenters. The maximum absolute atomic E-state index is 11.6. The van der Waals surface area contributed by atoms with E-state index in [4.69, 9.17) is 5.73 Å². The van der Waals surface area contributed by atoms with Gasteiger partial charge in [-0.05, 0) is 18.6 Å². The quantitative estimate of drug-likeness (QED) is 0.729. The Morgan fingerprint density at radius 1 is 1.54 bits per heavy atom. The zero-order valence-corrected chi connectivity index (χ0v) is 8.98. The Morgan fingerprint density at radius 2 is 2.15 bits per heavy atom. The summed E-state index contributed by atoms with van der Waals surface area (Å²) >= 11 is 1.73. The number of carbonyl (C=O) groups excluding carboxylic acids is 1. The number of carbonyl (C=O) groups is 1. The van der Waals surface area contributed by atoms with Crippen LogP contribution in [-0.2, 0) is 4.79 Å². The van der Waals surface area contributed by atoms with Crippen LogP contribution >= 0.6 is 11.8 Å². The number of hydrogen-bond donors (Lipinski definition) is 1. The molecule has 0 aromatic rings. The van der Waals surface area contributed by atoms with Gasteiger partial charge in [0.15, 0.2) is 0 Å². The summed E-state index contributed by atoms with van der Waals surface area (Å²) in [5, 5.41) is 0. The van der Waals surface area contributed by atoms with Crippen molar-refractivity contribution in [2.45, 2.75) is 25.8 Å². The van der Waals surface area contributed by atoms with E-state index in [0.717, 1.165) is 37.4 Å². The molecule has 0 spiro atoms. The number of nitrogens with two attached hydrogens (primary N) is 1. The van der Waals surface area contributed by atoms with E-state index >= 15 is 0 Å². The van der Waals surface area contributed by atoms with Crippen molar-refractivity contribution in [3.63, 3.8) is 0 Å². The van der Waals surface area contributed by atoms with E-state index in [1.807, 2.05) is 4.90 Å². The van der Waals surface area contributed by atoms with Crippen molar-refractivity contribution >= 4 is 17.7 Å². The zero-order chi connectivity index (χ0) is 9.68. The lowest BCUT2D eigenvalue weighted by Gasteiger charge is -2.19. The molecule has 4 heteroatoms. The van der Waals surface area contributed by atoms with Gasteiger partial charge in [0.2, 0.25) is 5.91 Å². The van der Waals surface area contributed by atoms with Crippen molar-refractivity contribution in [1.29, 1.82) is 0 Å². The Hall–Kier alpha value is -0.220. The summed E-state index contributed by atoms with van der Waals surface area (Å²) in [5.41, 5.74) is 5.77. The molecule has 1 heterocycles. The van der Waals surface area contributed by atoms with Gasteiger partial charge < -0.3 is 10.6 Å². The van der Waals surface area contributed by atoms with Crippen LogP contribution in [0.3, 0.4) is 0 Å². The predicted octanol–water partition coefficient (Wildman–Crippen LogP) is 0.689. The largest absolute Gasteiger partial charge is 0.341 e. The van der Waals surface area contributed by atoms with Crippen molar-refractivity contribution in [3.8, 4) is 0 Å². The minimum atomic E-state index is -0.289. The molecule has 0 aromatic carbocycles. The zero-order valence-electron chi connectivity index (χ0n) is 8.16. The van der Waals surface area contributed by atoms with E-state index < -0.39 is 0 Å². The number of hydrogen-bond acceptors (Lipinski definition) is 3. The monoisotopic (exact) mass is 202 g/mol. The van der Waals surface area contributed by atoms with E-state index in [0.29, 0.717) is 0 Å². The maximum atomic E-state index is 11.6. The van der Waals surface area contributed by atoms with E-state index in [9.17, 15) is 4.79 Å². The first-order valence-corrected chi connectivity index (χ1v) is 6.03. The maximum Gasteiger partial charge on any atom is 0.240 e. The fourth-order valence-electron chi connectivity index (χ4n) is 1.49. The Kier molecular flexibility index (Phi) is 4.59. The van der Waals surface area contributed by atoms with Crippen molar-refractivity contribution in [2.24, 2.45) is 5.73 Å². The van der Waals surface area contributed by atoms with E-state index in [2.05, 4.69) is 6.92 Å². The van der Waals surface area contributed by atoms with Crippen LogP contribution in [0.2, 0.25) is 0 Å². The van der Waals surface area contributed by atoms with Gasteiger partial charge in [0, 0.05) is 18.8 Å². The molecule has 1 amide bonds. The van der Waals surface area contributed by atoms with E-state index in [1.54, 1.807) is 11.8 Å². The van der Waals surface area contributed by atoms with Gasteiger partial charge in [0.1, 0.15) is 0 Å². The van der Waals surface area contributed by atoms with Crippen LogP contribution in [0, 0.1) is 0 Å². The summed E-state index contributed by atoms with van der Waals surface area (Å²) in [4.78, 5) is 13.5. The predicted molar refractivity (Wildman–Crippen MR) is 56.8 cm³/mol. The van der Waals surface area contributed by atoms with E-state index in [-0.39, 0.29) is 11.9 Å². The van der Waals surface area contributed by atoms with Crippen LogP contribution in [0.5, 0.6) is 0 Å². The third-order valence-electron chi connectivity index (χ3n) is 2.24. The molecular formula is C9H18N2OS. The van der Waals surface area contributed by atoms with Crippen LogP contribution in [0.1, 0.15) is 19.8 Å². The summed E-state index contributed by atoms with van der Waals surface area (Å²) in [7, 11) is 0. The third kappa shape index (κ3) is 3.19. The lowest BCUT2D eigenvalue weighted by atomic mass is 10.3. The second-order valence-corrected chi connectivity index (χ2v) is 4.62. The Labute approximate surface area is 84.0 Å². The standard InChI is InChI=1S/C9H18N2OS/c1-2-13-7-8(10)9(12)11-5-3-4-6-11/h8H,2-7,10H2,1H3/t8-/m0/s1. The molecule has 1 aliphatic heterocycles. The highest BCUT2D eigenvalue weighted by Crippen LogP contribution is 2.10. The van der Waals surface area contributed by atoms with Gasteiger partial charge in [-0.2, -0.15) is 11.8 Å². The smallest absolute Gasteiger partial charge is 0.240 e. The van der Waals surface area contributed by atoms with Gasteiger partial charge in [-0.3, -0.25) is 4.79 Å². The van der Waals surface area contributed by atoms with Crippen LogP contribution in [-0.4, -0.2) is 41.4 Å². The molecule has 1 rings (SSSR count). The van der Waals surface area contributed by atoms with Crippen molar-refractivity contribution in [1.82, 2.24) is 4.90 Å². The molecular weight excluding hydrogens is 184 g/mol. The molecule has 0 unspecified atom stereocenters. The SMILES string of the molecule is CCSC[C@H](N)C(=O)N1CCCC1. The van der Waals surface area contributed by atoms with Gasteiger partial charge in [0.05, 0.1) is 6.04 Å². The van der Waals surface area contributed by atoms with Crippen molar-refractivity contribution < 1.29 is 4.79 Å². The second-order valence-electron chi connectivity index (χ2n) is 3.30. The van der Waals surface area contributed by atoms with Crippen LogP contribution < -0.4 is 5.73 Å². The highest BCUT2D eigenvalue weighted by molar-refractivity contribution is 7.99. The molecule has 3 nitrogen and oxygen atoms in total. The summed E-state index contributed by atoms with van der Waals surface area (Å²) in [5.74, 6) is 1.92. The normalized spacial score (nSPS) is 19.1. The molecule has 0 bridgehead atoms. The van der Waals surface area contributed by atoms with Crippen LogP contribution in [0.15, 0.2) is 0 Å². The summed E-state index contributed by atoms with van der Waals surface area (Å²) in [6.45, 7) is 3.89. The number of nitrogens with zero attached hydrogens (tertiary/aromatic N) is 1. The van der Waals surface area contributed by atoms with Gasteiger partial charge in [-0.25, -0.2) is 0 Å². The molecule has 1 aliphatic rings. The molecule has 1 saturated heterocycles. The molecule has 76 valence electrons. The molecule has 2 N–H and O–H groups in total. The van der Waals surface area contributed by atoms with Gasteiger partial charge >= 0.3 is 0 Å². The molecule has 1 fully saturated rings. The van der Waals surface area contributed by atoms with Crippen LogP contribution in [0.25, 0.3) is 0 Å². The minimum absolute atomic E-state index is 0.137. The fourth-order valence-corrected chi connectivity index (χ4v) is 2.12. The van der Waals surface area contributed by atoms with Crippen molar-refractivity contribution in [3.05, 3.63) is 0 Å². The van der Waals surface area contributed by atoms with Gasteiger partial charge in [-0.1, -0.05) is 6.92 Å². The molecule has 0 radical (unpaired) electrons. The average Bonchev–Trinajstić information content (AvgIpc) is 2.65. The number of amides is 1. The summed E-state index contributed by atoms with van der Waals surface area (Å²) in [6.07, 6.45) is 2.28. The minimum Gasteiger partial charge on any atom is -0.341 e. The first-order chi connectivity index (χ1) is 6.25. The Balaban J connectivity index is 2.28. The molecule has 0 aliphatic carbocycles. The van der Waals surface area contributed by atoms with Crippen molar-refractivity contribution in [2.75, 3.05) is 24.6 Å². The Bertz CT molecular complexity index is 169. The lowest BCUT2D eigenvalue weighted by Crippen LogP contribution is -2.43. The lowest BCUT2D eigenvalue weighted by molar-refractivity contribution is -0.130. The van der Waals surface area contributed by atoms with Crippen LogP contribution in [0.4, 0.5) is 0 Å². The summed E-state index contributed by atoms with van der Waals surface area (Å²) < 4.78 is 0. The molecule has 0 saturated carbocycles. The Morgan fingerprint density at radius 3 is 2.69 bits per heavy atom. The fraction of sp³-hybridized carbons (Fsp3) is 0.889. The van der Waals surface area contributed by atoms with Gasteiger partial charge in [-0.15, -0.1) is 0 Å². The summed E-state index contributed by atoms with van der Waals surface area (Å²) in [6, 6.07) is -0.289. The number of rotatable bonds is 4. The highest BCUT2D eigenvalue weighted by atomic mass is 32.2. The van der Waals surface area contributed by atoms with E-state index in [1.165, 1.54) is 0 Å². The average molecular weight is 202 g/mol. The second kappa shape index (κ2) is 5.50. The number of likely N-dealkylation sites (tertiary alicyclic amines) is 1. The molecule has 0 aromatic heterocycles. The first kappa shape index (κ1) is 10.9. The number of thioether (sulfide) groups is 1. The topological polar surface area (TPSA) is 46.3 Å². The first-order valence-electron chi connectivity index (χ1n) is 4.87. The highest BCUT2D eigenvalue weighted by Gasteiger charge is 2.22. The molecule has 13 heavy (non-hydrogen) atoms. The van der Waals surface area contributed by atoms with Gasteiger partial charge in [0.25, 0.3) is 0 Å². The third-order valence-corrected chi connectivity index (χ3v) is 3.24.